The molecule has 1 saturated carbocycles. The van der Waals surface area contributed by atoms with Crippen LogP contribution in [0.5, 0.6) is 0 Å². The summed E-state index contributed by atoms with van der Waals surface area (Å²) in [4.78, 5) is 0. The van der Waals surface area contributed by atoms with Crippen LogP contribution in [0.3, 0.4) is 0 Å². The van der Waals surface area contributed by atoms with Gasteiger partial charge in [0.1, 0.15) is 0 Å². The number of aliphatic hydroxyl groups excluding tert-OH is 1. The molecule has 23 heavy (non-hydrogen) atoms. The Kier molecular flexibility index (Phi) is 4.18. The SMILES string of the molecule is C[C@@H](O)Cn1ncc(-c2cc(C3CCCC3)no2)c1C(F)(F)F. The molecule has 5 nitrogen and oxygen atoms in total. The minimum atomic E-state index is -4.60. The van der Waals surface area contributed by atoms with E-state index in [1.54, 1.807) is 6.07 Å². The van der Waals surface area contributed by atoms with Crippen LogP contribution in [0.25, 0.3) is 11.3 Å². The summed E-state index contributed by atoms with van der Waals surface area (Å²) < 4.78 is 46.1. The molecule has 2 aromatic heterocycles. The molecule has 2 heterocycles. The summed E-state index contributed by atoms with van der Waals surface area (Å²) in [5.74, 6) is 0.324. The summed E-state index contributed by atoms with van der Waals surface area (Å²) in [5.41, 5.74) is -0.365. The zero-order valence-corrected chi connectivity index (χ0v) is 12.7. The first-order valence-corrected chi connectivity index (χ1v) is 7.64. The summed E-state index contributed by atoms with van der Waals surface area (Å²) in [6, 6.07) is 1.58. The quantitative estimate of drug-likeness (QED) is 0.931. The van der Waals surface area contributed by atoms with E-state index in [0.29, 0.717) is 5.69 Å². The maximum absolute atomic E-state index is 13.4. The Labute approximate surface area is 131 Å². The fourth-order valence-corrected chi connectivity index (χ4v) is 3.08. The van der Waals surface area contributed by atoms with Crippen molar-refractivity contribution in [2.24, 2.45) is 0 Å². The standard InChI is InChI=1S/C15H18F3N3O2/c1-9(22)8-21-14(15(16,17)18)11(7-19-21)13-6-12(20-23-13)10-4-2-3-5-10/h6-7,9-10,22H,2-5,8H2,1H3/t9-/m1/s1. The number of aliphatic hydroxyl groups is 1. The van der Waals surface area contributed by atoms with Crippen LogP contribution in [-0.4, -0.2) is 26.1 Å². The summed E-state index contributed by atoms with van der Waals surface area (Å²) in [5, 5.41) is 17.1. The molecule has 1 aliphatic rings. The normalized spacial score (nSPS) is 17.8. The predicted molar refractivity (Wildman–Crippen MR) is 75.6 cm³/mol. The molecule has 8 heteroatoms. The van der Waals surface area contributed by atoms with E-state index in [9.17, 15) is 18.3 Å². The van der Waals surface area contributed by atoms with E-state index in [-0.39, 0.29) is 23.8 Å². The fourth-order valence-electron chi connectivity index (χ4n) is 3.08. The van der Waals surface area contributed by atoms with E-state index in [1.807, 2.05) is 0 Å². The van der Waals surface area contributed by atoms with E-state index in [4.69, 9.17) is 4.52 Å². The van der Waals surface area contributed by atoms with Crippen LogP contribution in [0, 0.1) is 0 Å². The average Bonchev–Trinajstić information content (AvgIpc) is 3.16. The van der Waals surface area contributed by atoms with Gasteiger partial charge in [-0.25, -0.2) is 0 Å². The smallest absolute Gasteiger partial charge is 0.391 e. The minimum absolute atomic E-state index is 0.0658. The molecule has 3 rings (SSSR count). The second-order valence-corrected chi connectivity index (χ2v) is 6.03. The number of nitrogens with zero attached hydrogens (tertiary/aromatic N) is 3. The van der Waals surface area contributed by atoms with Crippen LogP contribution in [-0.2, 0) is 12.7 Å². The molecule has 0 aromatic carbocycles. The van der Waals surface area contributed by atoms with Crippen molar-refractivity contribution in [1.29, 1.82) is 0 Å². The van der Waals surface area contributed by atoms with Gasteiger partial charge in [-0.1, -0.05) is 18.0 Å². The fraction of sp³-hybridized carbons (Fsp3) is 0.600. The molecular weight excluding hydrogens is 311 g/mol. The summed E-state index contributed by atoms with van der Waals surface area (Å²) in [6.45, 7) is 1.17. The average molecular weight is 329 g/mol. The van der Waals surface area contributed by atoms with Crippen LogP contribution >= 0.6 is 0 Å². The number of hydrogen-bond donors (Lipinski definition) is 1. The molecule has 0 unspecified atom stereocenters. The van der Waals surface area contributed by atoms with Crippen LogP contribution in [0.1, 0.15) is 49.9 Å². The monoisotopic (exact) mass is 329 g/mol. The third-order valence-corrected chi connectivity index (χ3v) is 4.11. The Morgan fingerprint density at radius 2 is 2.09 bits per heavy atom. The van der Waals surface area contributed by atoms with Gasteiger partial charge in [0.05, 0.1) is 30.1 Å². The largest absolute Gasteiger partial charge is 0.433 e. The van der Waals surface area contributed by atoms with Gasteiger partial charge >= 0.3 is 6.18 Å². The second-order valence-electron chi connectivity index (χ2n) is 6.03. The summed E-state index contributed by atoms with van der Waals surface area (Å²) in [6.07, 6.45) is -0.239. The van der Waals surface area contributed by atoms with Crippen LogP contribution in [0.2, 0.25) is 0 Å². The van der Waals surface area contributed by atoms with Crippen molar-refractivity contribution in [2.75, 3.05) is 0 Å². The number of rotatable bonds is 4. The van der Waals surface area contributed by atoms with Gasteiger partial charge in [0.2, 0.25) is 0 Å². The van der Waals surface area contributed by atoms with Gasteiger partial charge in [0, 0.05) is 12.0 Å². The number of hydrogen-bond acceptors (Lipinski definition) is 4. The zero-order chi connectivity index (χ0) is 16.6. The lowest BCUT2D eigenvalue weighted by Gasteiger charge is -2.12. The van der Waals surface area contributed by atoms with E-state index in [2.05, 4.69) is 10.3 Å². The lowest BCUT2D eigenvalue weighted by molar-refractivity contribution is -0.144. The van der Waals surface area contributed by atoms with Crippen molar-refractivity contribution in [1.82, 2.24) is 14.9 Å². The van der Waals surface area contributed by atoms with E-state index < -0.39 is 18.0 Å². The predicted octanol–water partition coefficient (Wildman–Crippen LogP) is 3.60. The molecule has 1 N–H and O–H groups in total. The molecule has 0 spiro atoms. The van der Waals surface area contributed by atoms with Gasteiger partial charge < -0.3 is 9.63 Å². The van der Waals surface area contributed by atoms with E-state index >= 15 is 0 Å². The zero-order valence-electron chi connectivity index (χ0n) is 12.7. The molecule has 126 valence electrons. The van der Waals surface area contributed by atoms with Crippen LogP contribution in [0.15, 0.2) is 16.8 Å². The lowest BCUT2D eigenvalue weighted by Crippen LogP contribution is -2.20. The minimum Gasteiger partial charge on any atom is -0.391 e. The molecule has 0 amide bonds. The van der Waals surface area contributed by atoms with Gasteiger partial charge in [0.25, 0.3) is 0 Å². The van der Waals surface area contributed by atoms with Crippen molar-refractivity contribution in [3.05, 3.63) is 23.7 Å². The molecule has 0 aliphatic heterocycles. The van der Waals surface area contributed by atoms with Gasteiger partial charge in [0.15, 0.2) is 11.5 Å². The highest BCUT2D eigenvalue weighted by molar-refractivity contribution is 5.60. The molecule has 1 fully saturated rings. The Bertz CT molecular complexity index is 670. The van der Waals surface area contributed by atoms with Crippen molar-refractivity contribution in [3.63, 3.8) is 0 Å². The highest BCUT2D eigenvalue weighted by Gasteiger charge is 2.40. The topological polar surface area (TPSA) is 64.1 Å². The molecule has 2 aromatic rings. The molecule has 0 saturated heterocycles. The Morgan fingerprint density at radius 3 is 2.70 bits per heavy atom. The van der Waals surface area contributed by atoms with Crippen LogP contribution < -0.4 is 0 Å². The molecular formula is C15H18F3N3O2. The molecule has 0 bridgehead atoms. The third kappa shape index (κ3) is 3.26. The van der Waals surface area contributed by atoms with Crippen LogP contribution in [0.4, 0.5) is 13.2 Å². The maximum Gasteiger partial charge on any atom is 0.433 e. The lowest BCUT2D eigenvalue weighted by atomic mass is 10.0. The summed E-state index contributed by atoms with van der Waals surface area (Å²) in [7, 11) is 0. The van der Waals surface area contributed by atoms with E-state index in [1.165, 1.54) is 6.92 Å². The van der Waals surface area contributed by atoms with Crippen molar-refractivity contribution < 1.29 is 22.8 Å². The van der Waals surface area contributed by atoms with E-state index in [0.717, 1.165) is 36.6 Å². The highest BCUT2D eigenvalue weighted by atomic mass is 19.4. The van der Waals surface area contributed by atoms with Gasteiger partial charge in [-0.15, -0.1) is 0 Å². The number of alkyl halides is 3. The second kappa shape index (κ2) is 5.99. The van der Waals surface area contributed by atoms with Gasteiger partial charge in [-0.2, -0.15) is 18.3 Å². The Balaban J connectivity index is 1.97. The molecule has 0 radical (unpaired) electrons. The number of halogens is 3. The van der Waals surface area contributed by atoms with Crippen molar-refractivity contribution in [3.8, 4) is 11.3 Å². The van der Waals surface area contributed by atoms with Gasteiger partial charge in [-0.3, -0.25) is 4.68 Å². The first-order chi connectivity index (χ1) is 10.9. The number of aromatic nitrogens is 3. The Morgan fingerprint density at radius 1 is 1.39 bits per heavy atom. The summed E-state index contributed by atoms with van der Waals surface area (Å²) >= 11 is 0. The first kappa shape index (κ1) is 16.0. The van der Waals surface area contributed by atoms with Crippen molar-refractivity contribution in [2.45, 2.75) is 57.3 Å². The van der Waals surface area contributed by atoms with Crippen molar-refractivity contribution >= 4 is 0 Å². The van der Waals surface area contributed by atoms with Gasteiger partial charge in [-0.05, 0) is 19.8 Å². The third-order valence-electron chi connectivity index (χ3n) is 4.11. The Hall–Kier alpha value is -1.83. The first-order valence-electron chi connectivity index (χ1n) is 7.64. The molecule has 1 atom stereocenters. The maximum atomic E-state index is 13.4. The highest BCUT2D eigenvalue weighted by Crippen LogP contribution is 2.39. The molecule has 1 aliphatic carbocycles.